The van der Waals surface area contributed by atoms with Crippen LogP contribution in [0.1, 0.15) is 28.8 Å². The molecule has 0 spiro atoms. The maximum atomic E-state index is 13.9. The zero-order valence-electron chi connectivity index (χ0n) is 15.4. The summed E-state index contributed by atoms with van der Waals surface area (Å²) in [5.74, 6) is -4.72. The Morgan fingerprint density at radius 1 is 1.31 bits per heavy atom. The van der Waals surface area contributed by atoms with Crippen molar-refractivity contribution in [2.24, 2.45) is 0 Å². The number of sulfonamides is 1. The Balaban J connectivity index is 1.75. The summed E-state index contributed by atoms with van der Waals surface area (Å²) in [5, 5.41) is 12.7. The summed E-state index contributed by atoms with van der Waals surface area (Å²) in [5.41, 5.74) is 4.64. The summed E-state index contributed by atoms with van der Waals surface area (Å²) in [4.78, 5) is 20.4. The molecule has 156 valence electrons. The maximum absolute atomic E-state index is 13.9. The fraction of sp³-hybridized carbons (Fsp3) is 0.353. The smallest absolute Gasteiger partial charge is 0.224 e. The first-order valence-corrected chi connectivity index (χ1v) is 10.5. The third kappa shape index (κ3) is 4.43. The number of carbonyl (C=O) groups is 1. The van der Waals surface area contributed by atoms with Gasteiger partial charge in [-0.3, -0.25) is 4.79 Å². The fourth-order valence-electron chi connectivity index (χ4n) is 3.04. The Morgan fingerprint density at radius 2 is 1.97 bits per heavy atom. The highest BCUT2D eigenvalue weighted by atomic mass is 32.2. The summed E-state index contributed by atoms with van der Waals surface area (Å²) in [7, 11) is -3.24. The third-order valence-corrected chi connectivity index (χ3v) is 5.92. The van der Waals surface area contributed by atoms with Gasteiger partial charge in [0.15, 0.2) is 11.6 Å². The van der Waals surface area contributed by atoms with Gasteiger partial charge in [-0.25, -0.2) is 26.5 Å². The van der Waals surface area contributed by atoms with Gasteiger partial charge in [-0.2, -0.15) is 4.98 Å². The van der Waals surface area contributed by atoms with Gasteiger partial charge in [-0.05, 0) is 25.0 Å². The van der Waals surface area contributed by atoms with Crippen LogP contribution in [-0.4, -0.2) is 59.0 Å². The lowest BCUT2D eigenvalue weighted by Gasteiger charge is -2.30. The Bertz CT molecular complexity index is 1060. The molecule has 2 aromatic rings. The van der Waals surface area contributed by atoms with E-state index >= 15 is 0 Å². The molecule has 0 atom stereocenters. The first kappa shape index (κ1) is 20.9. The molecular formula is C17H19F2N5O4S. The number of piperidine rings is 1. The lowest BCUT2D eigenvalue weighted by atomic mass is 10.0. The number of benzene rings is 1. The minimum absolute atomic E-state index is 0.0985. The van der Waals surface area contributed by atoms with Crippen LogP contribution >= 0.6 is 0 Å². The number of phenolic OH excluding ortho intramolecular Hbond substituents is 1. The normalized spacial score (nSPS) is 16.0. The second-order valence-corrected chi connectivity index (χ2v) is 8.64. The van der Waals surface area contributed by atoms with Crippen LogP contribution in [0.5, 0.6) is 5.75 Å². The molecule has 9 nitrogen and oxygen atoms in total. The van der Waals surface area contributed by atoms with E-state index < -0.39 is 38.8 Å². The number of ketones is 1. The van der Waals surface area contributed by atoms with E-state index in [1.165, 1.54) is 4.31 Å². The minimum atomic E-state index is -3.24. The van der Waals surface area contributed by atoms with Crippen molar-refractivity contribution in [2.75, 3.05) is 30.4 Å². The molecule has 1 aromatic carbocycles. The van der Waals surface area contributed by atoms with Gasteiger partial charge in [0, 0.05) is 25.3 Å². The van der Waals surface area contributed by atoms with Gasteiger partial charge in [0.2, 0.25) is 21.8 Å². The highest BCUT2D eigenvalue weighted by molar-refractivity contribution is 7.88. The van der Waals surface area contributed by atoms with Crippen molar-refractivity contribution in [3.05, 3.63) is 41.1 Å². The van der Waals surface area contributed by atoms with Crippen LogP contribution in [0.2, 0.25) is 0 Å². The molecule has 1 aliphatic heterocycles. The van der Waals surface area contributed by atoms with Crippen molar-refractivity contribution in [1.29, 1.82) is 0 Å². The molecule has 4 N–H and O–H groups in total. The largest absolute Gasteiger partial charge is 0.507 e. The molecule has 1 aliphatic rings. The Kier molecular flexibility index (Phi) is 5.66. The van der Waals surface area contributed by atoms with Crippen molar-refractivity contribution in [2.45, 2.75) is 18.9 Å². The van der Waals surface area contributed by atoms with E-state index in [4.69, 9.17) is 5.73 Å². The molecule has 3 rings (SSSR count). The van der Waals surface area contributed by atoms with Crippen molar-refractivity contribution in [3.63, 3.8) is 0 Å². The van der Waals surface area contributed by atoms with E-state index in [1.807, 2.05) is 0 Å². The predicted octanol–water partition coefficient (Wildman–Crippen LogP) is 1.11. The first-order valence-electron chi connectivity index (χ1n) is 8.63. The molecule has 2 heterocycles. The van der Waals surface area contributed by atoms with Crippen molar-refractivity contribution in [1.82, 2.24) is 14.3 Å². The molecule has 1 saturated heterocycles. The standard InChI is InChI=1S/C17H19F2N5O4S/c1-29(27,28)24-6-4-9(5-7-24)22-17-21-8-10(16(20)23-17)15(26)13-12(25)3-2-11(18)14(13)19/h2-3,8-9,25H,4-7H2,1H3,(H3,20,21,22,23). The molecule has 0 saturated carbocycles. The van der Waals surface area contributed by atoms with Crippen molar-refractivity contribution in [3.8, 4) is 5.75 Å². The molecule has 1 aromatic heterocycles. The topological polar surface area (TPSA) is 139 Å². The second-order valence-electron chi connectivity index (χ2n) is 6.66. The van der Waals surface area contributed by atoms with E-state index in [0.29, 0.717) is 32.0 Å². The van der Waals surface area contributed by atoms with E-state index in [0.717, 1.165) is 18.5 Å². The quantitative estimate of drug-likeness (QED) is 0.603. The molecule has 12 heteroatoms. The third-order valence-electron chi connectivity index (χ3n) is 4.62. The van der Waals surface area contributed by atoms with Crippen LogP contribution in [0.4, 0.5) is 20.5 Å². The minimum Gasteiger partial charge on any atom is -0.507 e. The number of halogens is 2. The summed E-state index contributed by atoms with van der Waals surface area (Å²) in [6.45, 7) is 0.696. The predicted molar refractivity (Wildman–Crippen MR) is 101 cm³/mol. The number of rotatable bonds is 5. The van der Waals surface area contributed by atoms with Crippen LogP contribution < -0.4 is 11.1 Å². The number of aromatic hydroxyl groups is 1. The summed E-state index contributed by atoms with van der Waals surface area (Å²) in [6, 6.07) is 1.46. The monoisotopic (exact) mass is 427 g/mol. The van der Waals surface area contributed by atoms with Crippen molar-refractivity contribution < 1.29 is 27.1 Å². The number of nitrogens with zero attached hydrogens (tertiary/aromatic N) is 3. The number of nitrogens with two attached hydrogens (primary N) is 1. The van der Waals surface area contributed by atoms with Crippen LogP contribution in [0, 0.1) is 11.6 Å². The fourth-order valence-corrected chi connectivity index (χ4v) is 3.92. The lowest BCUT2D eigenvalue weighted by molar-refractivity contribution is 0.103. The summed E-state index contributed by atoms with van der Waals surface area (Å²) < 4.78 is 51.8. The van der Waals surface area contributed by atoms with Gasteiger partial charge in [0.1, 0.15) is 17.1 Å². The number of carbonyl (C=O) groups excluding carboxylic acids is 1. The molecule has 0 bridgehead atoms. The van der Waals surface area contributed by atoms with Crippen LogP contribution in [0.25, 0.3) is 0 Å². The van der Waals surface area contributed by atoms with E-state index in [1.54, 1.807) is 0 Å². The summed E-state index contributed by atoms with van der Waals surface area (Å²) in [6.07, 6.45) is 3.26. The Morgan fingerprint density at radius 3 is 2.55 bits per heavy atom. The lowest BCUT2D eigenvalue weighted by Crippen LogP contribution is -2.42. The van der Waals surface area contributed by atoms with Crippen molar-refractivity contribution >= 4 is 27.6 Å². The number of anilines is 2. The van der Waals surface area contributed by atoms with E-state index in [2.05, 4.69) is 15.3 Å². The summed E-state index contributed by atoms with van der Waals surface area (Å²) >= 11 is 0. The number of nitrogen functional groups attached to an aromatic ring is 1. The van der Waals surface area contributed by atoms with Gasteiger partial charge in [-0.15, -0.1) is 0 Å². The number of hydrogen-bond donors (Lipinski definition) is 3. The molecule has 0 radical (unpaired) electrons. The SMILES string of the molecule is CS(=O)(=O)N1CCC(Nc2ncc(C(=O)c3c(O)ccc(F)c3F)c(N)n2)CC1. The molecule has 0 aliphatic carbocycles. The van der Waals surface area contributed by atoms with Crippen LogP contribution in [-0.2, 0) is 10.0 Å². The van der Waals surface area contributed by atoms with Gasteiger partial charge >= 0.3 is 0 Å². The number of nitrogens with one attached hydrogen (secondary N) is 1. The highest BCUT2D eigenvalue weighted by Crippen LogP contribution is 2.27. The van der Waals surface area contributed by atoms with Crippen LogP contribution in [0.15, 0.2) is 18.3 Å². The van der Waals surface area contributed by atoms with Gasteiger partial charge in [0.05, 0.1) is 11.8 Å². The average molecular weight is 427 g/mol. The highest BCUT2D eigenvalue weighted by Gasteiger charge is 2.27. The Hall–Kier alpha value is -2.86. The first-order chi connectivity index (χ1) is 13.6. The van der Waals surface area contributed by atoms with Gasteiger partial charge in [-0.1, -0.05) is 0 Å². The average Bonchev–Trinajstić information content (AvgIpc) is 2.65. The molecule has 0 amide bonds. The molecule has 1 fully saturated rings. The number of phenols is 1. The zero-order valence-corrected chi connectivity index (χ0v) is 16.2. The Labute approximate surface area is 165 Å². The maximum Gasteiger partial charge on any atom is 0.224 e. The number of hydrogen-bond acceptors (Lipinski definition) is 8. The molecule has 29 heavy (non-hydrogen) atoms. The van der Waals surface area contributed by atoms with E-state index in [-0.39, 0.29) is 23.4 Å². The van der Waals surface area contributed by atoms with Crippen LogP contribution in [0.3, 0.4) is 0 Å². The van der Waals surface area contributed by atoms with E-state index in [9.17, 15) is 27.1 Å². The number of aromatic nitrogens is 2. The second kappa shape index (κ2) is 7.87. The van der Waals surface area contributed by atoms with Gasteiger partial charge in [0.25, 0.3) is 0 Å². The molecular weight excluding hydrogens is 408 g/mol. The van der Waals surface area contributed by atoms with Gasteiger partial charge < -0.3 is 16.2 Å². The molecule has 0 unspecified atom stereocenters. The zero-order chi connectivity index (χ0) is 21.3.